The largest absolute Gasteiger partial charge is 0.357 e. The second-order valence-corrected chi connectivity index (χ2v) is 8.03. The Morgan fingerprint density at radius 3 is 2.62 bits per heavy atom. The zero-order valence-electron chi connectivity index (χ0n) is 15.3. The van der Waals surface area contributed by atoms with Gasteiger partial charge in [-0.25, -0.2) is 0 Å². The van der Waals surface area contributed by atoms with Gasteiger partial charge in [0.1, 0.15) is 0 Å². The van der Waals surface area contributed by atoms with Crippen LogP contribution in [0.25, 0.3) is 0 Å². The number of carbonyl (C=O) groups is 2. The highest BCUT2D eigenvalue weighted by molar-refractivity contribution is 7.99. The van der Waals surface area contributed by atoms with E-state index in [2.05, 4.69) is 34.4 Å². The molecule has 3 rings (SSSR count). The molecule has 1 heterocycles. The Hall–Kier alpha value is -1.76. The van der Waals surface area contributed by atoms with Gasteiger partial charge in [0.2, 0.25) is 11.8 Å². The number of amides is 2. The molecule has 4 atom stereocenters. The van der Waals surface area contributed by atoms with Gasteiger partial charge in [0.25, 0.3) is 0 Å². The predicted molar refractivity (Wildman–Crippen MR) is 106 cm³/mol. The lowest BCUT2D eigenvalue weighted by Crippen LogP contribution is -2.43. The van der Waals surface area contributed by atoms with Crippen LogP contribution in [0.4, 0.5) is 0 Å². The van der Waals surface area contributed by atoms with Crippen molar-refractivity contribution in [2.24, 2.45) is 28.7 Å². The van der Waals surface area contributed by atoms with Crippen molar-refractivity contribution in [3.8, 4) is 0 Å². The molecule has 0 spiro atoms. The third-order valence-electron chi connectivity index (χ3n) is 5.27. The molecular weight excluding hydrogens is 348 g/mol. The van der Waals surface area contributed by atoms with Crippen LogP contribution in [-0.2, 0) is 9.59 Å². The smallest absolute Gasteiger partial charge is 0.233 e. The van der Waals surface area contributed by atoms with Crippen LogP contribution in [0, 0.1) is 23.7 Å². The van der Waals surface area contributed by atoms with Crippen LogP contribution in [0.3, 0.4) is 0 Å². The Kier molecular flexibility index (Phi) is 6.40. The summed E-state index contributed by atoms with van der Waals surface area (Å²) in [6.45, 7) is 8.13. The highest BCUT2D eigenvalue weighted by Crippen LogP contribution is 2.52. The lowest BCUT2D eigenvalue weighted by molar-refractivity contribution is -0.140. The van der Waals surface area contributed by atoms with Crippen LogP contribution in [0.1, 0.15) is 13.3 Å². The van der Waals surface area contributed by atoms with Gasteiger partial charge in [-0.05, 0) is 25.2 Å². The normalized spacial score (nSPS) is 29.4. The van der Waals surface area contributed by atoms with E-state index in [4.69, 9.17) is 0 Å². The molecule has 2 amide bonds. The minimum atomic E-state index is -0.110. The molecule has 2 aliphatic carbocycles. The van der Waals surface area contributed by atoms with Crippen LogP contribution in [0.15, 0.2) is 29.8 Å². The molecule has 1 aliphatic heterocycles. The molecule has 1 saturated heterocycles. The Morgan fingerprint density at radius 1 is 1.31 bits per heavy atom. The second kappa shape index (κ2) is 8.75. The predicted octanol–water partition coefficient (Wildman–Crippen LogP) is 1.27. The molecule has 2 N–H and O–H groups in total. The molecular formula is C19H28N4O2S. The van der Waals surface area contributed by atoms with Crippen molar-refractivity contribution >= 4 is 29.5 Å². The number of aliphatic imine (C=N–C) groups is 1. The first-order valence-corrected chi connectivity index (χ1v) is 10.6. The van der Waals surface area contributed by atoms with Crippen molar-refractivity contribution in [2.45, 2.75) is 13.3 Å². The number of guanidine groups is 1. The molecule has 26 heavy (non-hydrogen) atoms. The van der Waals surface area contributed by atoms with Gasteiger partial charge >= 0.3 is 0 Å². The van der Waals surface area contributed by atoms with Gasteiger partial charge in [-0.1, -0.05) is 18.2 Å². The van der Waals surface area contributed by atoms with Gasteiger partial charge in [-0.2, -0.15) is 11.8 Å². The van der Waals surface area contributed by atoms with Crippen molar-refractivity contribution < 1.29 is 9.59 Å². The van der Waals surface area contributed by atoms with Crippen LogP contribution >= 0.6 is 11.8 Å². The fourth-order valence-electron chi connectivity index (χ4n) is 4.20. The molecule has 0 aromatic carbocycles. The standard InChI is InChI=1S/C19H28N4O2S/c1-3-10-26-11-8-22-19(20-4-2)21-7-9-23-17(24)15-13-5-6-14(12-13)16(15)18(23)25/h3,5-6,13-16H,1,4,7-12H2,2H3,(H2,20,21,22). The summed E-state index contributed by atoms with van der Waals surface area (Å²) >= 11 is 1.79. The van der Waals surface area contributed by atoms with Crippen LogP contribution in [-0.4, -0.2) is 60.4 Å². The number of rotatable bonds is 9. The lowest BCUT2D eigenvalue weighted by Gasteiger charge is -2.18. The molecule has 0 radical (unpaired) electrons. The maximum absolute atomic E-state index is 12.6. The number of hydrogen-bond acceptors (Lipinski definition) is 4. The average molecular weight is 377 g/mol. The summed E-state index contributed by atoms with van der Waals surface area (Å²) in [6.07, 6.45) is 7.11. The van der Waals surface area contributed by atoms with E-state index in [1.54, 1.807) is 11.8 Å². The fraction of sp³-hybridized carbons (Fsp3) is 0.632. The van der Waals surface area contributed by atoms with Gasteiger partial charge in [0.05, 0.1) is 18.4 Å². The van der Waals surface area contributed by atoms with E-state index in [-0.39, 0.29) is 35.5 Å². The van der Waals surface area contributed by atoms with E-state index in [9.17, 15) is 9.59 Å². The number of carbonyl (C=O) groups excluding carboxylic acids is 2. The highest BCUT2D eigenvalue weighted by atomic mass is 32.2. The minimum absolute atomic E-state index is 0.0152. The van der Waals surface area contributed by atoms with Crippen LogP contribution in [0.2, 0.25) is 0 Å². The number of thioether (sulfide) groups is 1. The molecule has 142 valence electrons. The second-order valence-electron chi connectivity index (χ2n) is 6.88. The third kappa shape index (κ3) is 3.82. The van der Waals surface area contributed by atoms with E-state index in [1.165, 1.54) is 4.90 Å². The molecule has 2 fully saturated rings. The Balaban J connectivity index is 1.47. The summed E-state index contributed by atoms with van der Waals surface area (Å²) in [7, 11) is 0. The number of allylic oxidation sites excluding steroid dienone is 2. The van der Waals surface area contributed by atoms with E-state index in [1.807, 2.05) is 13.0 Å². The van der Waals surface area contributed by atoms with E-state index in [0.717, 1.165) is 30.4 Å². The van der Waals surface area contributed by atoms with Crippen molar-refractivity contribution in [1.82, 2.24) is 15.5 Å². The fourth-order valence-corrected chi connectivity index (χ4v) is 4.75. The zero-order chi connectivity index (χ0) is 18.5. The third-order valence-corrected chi connectivity index (χ3v) is 6.22. The van der Waals surface area contributed by atoms with E-state index < -0.39 is 0 Å². The average Bonchev–Trinajstić information content (AvgIpc) is 3.31. The van der Waals surface area contributed by atoms with Crippen LogP contribution < -0.4 is 10.6 Å². The number of hydrogen-bond donors (Lipinski definition) is 2. The van der Waals surface area contributed by atoms with Gasteiger partial charge in [0, 0.05) is 31.1 Å². The highest BCUT2D eigenvalue weighted by Gasteiger charge is 2.58. The maximum atomic E-state index is 12.6. The first kappa shape index (κ1) is 19.0. The molecule has 6 nitrogen and oxygen atoms in total. The molecule has 1 saturated carbocycles. The molecule has 3 aliphatic rings. The lowest BCUT2D eigenvalue weighted by atomic mass is 9.85. The molecule has 7 heteroatoms. The Morgan fingerprint density at radius 2 is 2.00 bits per heavy atom. The van der Waals surface area contributed by atoms with E-state index in [0.29, 0.717) is 19.6 Å². The number of nitrogens with one attached hydrogen (secondary N) is 2. The summed E-state index contributed by atoms with van der Waals surface area (Å²) < 4.78 is 0. The SMILES string of the molecule is C=CCSCCN=C(NCC)NCCN1C(=O)C2C3C=CC(C3)C2C1=O. The van der Waals surface area contributed by atoms with Gasteiger partial charge in [-0.15, -0.1) is 6.58 Å². The maximum Gasteiger partial charge on any atom is 0.233 e. The Bertz CT molecular complexity index is 589. The van der Waals surface area contributed by atoms with Crippen molar-refractivity contribution in [3.05, 3.63) is 24.8 Å². The van der Waals surface area contributed by atoms with Crippen molar-refractivity contribution in [2.75, 3.05) is 37.7 Å². The number of imide groups is 1. The number of fused-ring (bicyclic) bond motifs is 5. The van der Waals surface area contributed by atoms with Crippen molar-refractivity contribution in [3.63, 3.8) is 0 Å². The number of nitrogens with zero attached hydrogens (tertiary/aromatic N) is 2. The van der Waals surface area contributed by atoms with Crippen LogP contribution in [0.5, 0.6) is 0 Å². The topological polar surface area (TPSA) is 73.8 Å². The molecule has 0 aromatic heterocycles. The molecule has 0 aromatic rings. The van der Waals surface area contributed by atoms with Crippen molar-refractivity contribution in [1.29, 1.82) is 0 Å². The monoisotopic (exact) mass is 376 g/mol. The van der Waals surface area contributed by atoms with Gasteiger partial charge < -0.3 is 10.6 Å². The van der Waals surface area contributed by atoms with Gasteiger partial charge in [-0.3, -0.25) is 19.5 Å². The summed E-state index contributed by atoms with van der Waals surface area (Å²) in [5, 5.41) is 6.43. The zero-order valence-corrected chi connectivity index (χ0v) is 16.1. The molecule has 4 unspecified atom stereocenters. The molecule has 2 bridgehead atoms. The summed E-state index contributed by atoms with van der Waals surface area (Å²) in [5.74, 6) is 2.94. The summed E-state index contributed by atoms with van der Waals surface area (Å²) in [6, 6.07) is 0. The quantitative estimate of drug-likeness (QED) is 0.208. The first-order chi connectivity index (χ1) is 12.7. The van der Waals surface area contributed by atoms with Gasteiger partial charge in [0.15, 0.2) is 5.96 Å². The first-order valence-electron chi connectivity index (χ1n) is 9.41. The summed E-state index contributed by atoms with van der Waals surface area (Å²) in [5.41, 5.74) is 0. The Labute approximate surface area is 159 Å². The van der Waals surface area contributed by atoms with E-state index >= 15 is 0 Å². The number of likely N-dealkylation sites (tertiary alicyclic amines) is 1. The minimum Gasteiger partial charge on any atom is -0.357 e. The summed E-state index contributed by atoms with van der Waals surface area (Å²) in [4.78, 5) is 31.3.